The van der Waals surface area contributed by atoms with Gasteiger partial charge in [0.25, 0.3) is 0 Å². The van der Waals surface area contributed by atoms with Crippen LogP contribution in [0.2, 0.25) is 5.02 Å². The van der Waals surface area contributed by atoms with Gasteiger partial charge in [-0.2, -0.15) is 4.80 Å². The van der Waals surface area contributed by atoms with Gasteiger partial charge in [0, 0.05) is 23.7 Å². The predicted molar refractivity (Wildman–Crippen MR) is 143 cm³/mol. The summed E-state index contributed by atoms with van der Waals surface area (Å²) in [6, 6.07) is 17.2. The Balaban J connectivity index is 1.42. The summed E-state index contributed by atoms with van der Waals surface area (Å²) in [6.45, 7) is 2.89. The lowest BCUT2D eigenvalue weighted by Gasteiger charge is -2.31. The van der Waals surface area contributed by atoms with Crippen LogP contribution in [0.4, 0.5) is 0 Å². The molecule has 0 saturated carbocycles. The van der Waals surface area contributed by atoms with E-state index in [0.717, 1.165) is 24.0 Å². The third kappa shape index (κ3) is 6.71. The standard InChI is InChI=1S/C28H29ClN6O4/c1-19-6-8-20(9-7-19)26(28(37)30-16-23-4-2-14-38-23)34(17-24-5-3-15-39-24)25(36)18-35-32-27(31-33-35)21-10-12-22(29)13-11-21/h3,5-13,15,23,26H,2,4,14,16-18H2,1H3,(H,30,37). The number of hydrogen-bond donors (Lipinski definition) is 1. The number of benzene rings is 2. The van der Waals surface area contributed by atoms with Gasteiger partial charge < -0.3 is 19.4 Å². The molecule has 1 N–H and O–H groups in total. The van der Waals surface area contributed by atoms with E-state index >= 15 is 0 Å². The molecule has 11 heteroatoms. The molecule has 0 spiro atoms. The highest BCUT2D eigenvalue weighted by molar-refractivity contribution is 6.30. The average Bonchev–Trinajstić information content (AvgIpc) is 3.72. The number of nitrogens with zero attached hydrogens (tertiary/aromatic N) is 5. The Morgan fingerprint density at radius 3 is 2.64 bits per heavy atom. The number of nitrogens with one attached hydrogen (secondary N) is 1. The van der Waals surface area contributed by atoms with Crippen molar-refractivity contribution in [3.63, 3.8) is 0 Å². The molecule has 1 aliphatic rings. The summed E-state index contributed by atoms with van der Waals surface area (Å²) in [7, 11) is 0. The number of halogens is 1. The quantitative estimate of drug-likeness (QED) is 0.319. The first-order chi connectivity index (χ1) is 19.0. The summed E-state index contributed by atoms with van der Waals surface area (Å²) < 4.78 is 11.2. The highest BCUT2D eigenvalue weighted by Gasteiger charge is 2.33. The molecule has 1 saturated heterocycles. The normalized spacial score (nSPS) is 15.7. The van der Waals surface area contributed by atoms with Crippen molar-refractivity contribution >= 4 is 23.4 Å². The number of ether oxygens (including phenoxy) is 1. The van der Waals surface area contributed by atoms with Crippen LogP contribution in [0.3, 0.4) is 0 Å². The summed E-state index contributed by atoms with van der Waals surface area (Å²) in [5, 5.41) is 16.1. The third-order valence-corrected chi connectivity index (χ3v) is 6.79. The van der Waals surface area contributed by atoms with Gasteiger partial charge in [0.15, 0.2) is 0 Å². The van der Waals surface area contributed by atoms with Gasteiger partial charge in [-0.1, -0.05) is 41.4 Å². The molecule has 2 atom stereocenters. The number of rotatable bonds is 10. The fourth-order valence-corrected chi connectivity index (χ4v) is 4.59. The molecule has 5 rings (SSSR count). The SMILES string of the molecule is Cc1ccc(C(C(=O)NCC2CCCO2)N(Cc2ccco2)C(=O)Cn2nnc(-c3ccc(Cl)cc3)n2)cc1. The summed E-state index contributed by atoms with van der Waals surface area (Å²) >= 11 is 5.98. The zero-order valence-electron chi connectivity index (χ0n) is 21.5. The highest BCUT2D eigenvalue weighted by atomic mass is 35.5. The van der Waals surface area contributed by atoms with Crippen molar-refractivity contribution in [1.82, 2.24) is 30.4 Å². The number of tetrazole rings is 1. The number of carbonyl (C=O) groups excluding carboxylic acids is 2. The largest absolute Gasteiger partial charge is 0.467 e. The monoisotopic (exact) mass is 548 g/mol. The van der Waals surface area contributed by atoms with Gasteiger partial charge >= 0.3 is 0 Å². The average molecular weight is 549 g/mol. The molecule has 3 heterocycles. The van der Waals surface area contributed by atoms with E-state index in [4.69, 9.17) is 20.8 Å². The molecule has 2 aromatic carbocycles. The number of carbonyl (C=O) groups is 2. The molecule has 1 fully saturated rings. The van der Waals surface area contributed by atoms with Crippen molar-refractivity contribution in [2.45, 2.75) is 45.0 Å². The van der Waals surface area contributed by atoms with E-state index < -0.39 is 6.04 Å². The van der Waals surface area contributed by atoms with E-state index in [-0.39, 0.29) is 31.0 Å². The lowest BCUT2D eigenvalue weighted by molar-refractivity contribution is -0.142. The zero-order chi connectivity index (χ0) is 27.2. The molecular weight excluding hydrogens is 520 g/mol. The number of furan rings is 1. The fourth-order valence-electron chi connectivity index (χ4n) is 4.47. The Labute approximate surface area is 230 Å². The second kappa shape index (κ2) is 12.2. The molecule has 10 nitrogen and oxygen atoms in total. The maximum atomic E-state index is 13.8. The van der Waals surface area contributed by atoms with E-state index in [1.807, 2.05) is 31.2 Å². The maximum absolute atomic E-state index is 13.8. The van der Waals surface area contributed by atoms with Crippen LogP contribution in [-0.2, 0) is 27.4 Å². The van der Waals surface area contributed by atoms with E-state index in [1.54, 1.807) is 36.4 Å². The minimum atomic E-state index is -0.913. The molecule has 39 heavy (non-hydrogen) atoms. The molecule has 2 unspecified atom stereocenters. The van der Waals surface area contributed by atoms with Gasteiger partial charge in [0.2, 0.25) is 17.6 Å². The topological polar surface area (TPSA) is 115 Å². The lowest BCUT2D eigenvalue weighted by atomic mass is 10.0. The lowest BCUT2D eigenvalue weighted by Crippen LogP contribution is -2.46. The summed E-state index contributed by atoms with van der Waals surface area (Å²) in [5.74, 6) is 0.231. The number of hydrogen-bond acceptors (Lipinski definition) is 7. The minimum absolute atomic E-state index is 0.0347. The van der Waals surface area contributed by atoms with Crippen LogP contribution < -0.4 is 5.32 Å². The molecule has 0 radical (unpaired) electrons. The predicted octanol–water partition coefficient (Wildman–Crippen LogP) is 3.96. The molecule has 202 valence electrons. The molecule has 4 aromatic rings. The summed E-state index contributed by atoms with van der Waals surface area (Å²) in [6.07, 6.45) is 3.35. The van der Waals surface area contributed by atoms with Crippen LogP contribution in [0, 0.1) is 6.92 Å². The van der Waals surface area contributed by atoms with Gasteiger partial charge in [-0.15, -0.1) is 10.2 Å². The minimum Gasteiger partial charge on any atom is -0.467 e. The van der Waals surface area contributed by atoms with Crippen LogP contribution in [0.25, 0.3) is 11.4 Å². The number of aromatic nitrogens is 4. The van der Waals surface area contributed by atoms with Crippen molar-refractivity contribution in [1.29, 1.82) is 0 Å². The first-order valence-corrected chi connectivity index (χ1v) is 13.2. The Morgan fingerprint density at radius 2 is 1.95 bits per heavy atom. The van der Waals surface area contributed by atoms with Gasteiger partial charge in [-0.25, -0.2) is 0 Å². The zero-order valence-corrected chi connectivity index (χ0v) is 22.3. The molecule has 2 aromatic heterocycles. The highest BCUT2D eigenvalue weighted by Crippen LogP contribution is 2.26. The second-order valence-electron chi connectivity index (χ2n) is 9.44. The summed E-state index contributed by atoms with van der Waals surface area (Å²) in [4.78, 5) is 30.2. The van der Waals surface area contributed by atoms with Crippen molar-refractivity contribution in [3.8, 4) is 11.4 Å². The molecule has 0 bridgehead atoms. The van der Waals surface area contributed by atoms with E-state index in [9.17, 15) is 9.59 Å². The number of amides is 2. The first-order valence-electron chi connectivity index (χ1n) is 12.8. The Hall–Kier alpha value is -4.02. The maximum Gasteiger partial charge on any atom is 0.247 e. The van der Waals surface area contributed by atoms with E-state index in [2.05, 4.69) is 20.7 Å². The first kappa shape index (κ1) is 26.6. The molecule has 0 aliphatic carbocycles. The number of aryl methyl sites for hydroxylation is 1. The molecular formula is C28H29ClN6O4. The van der Waals surface area contributed by atoms with Gasteiger partial charge in [0.1, 0.15) is 18.3 Å². The Morgan fingerprint density at radius 1 is 1.15 bits per heavy atom. The van der Waals surface area contributed by atoms with Crippen molar-refractivity contribution in [3.05, 3.63) is 88.8 Å². The smallest absolute Gasteiger partial charge is 0.247 e. The summed E-state index contributed by atoms with van der Waals surface area (Å²) in [5.41, 5.74) is 2.44. The third-order valence-electron chi connectivity index (χ3n) is 6.54. The van der Waals surface area contributed by atoms with Crippen molar-refractivity contribution in [2.75, 3.05) is 13.2 Å². The molecule has 1 aliphatic heterocycles. The van der Waals surface area contributed by atoms with Gasteiger partial charge in [-0.05, 0) is 66.9 Å². The Kier molecular flexibility index (Phi) is 8.33. The van der Waals surface area contributed by atoms with Crippen LogP contribution >= 0.6 is 11.6 Å². The van der Waals surface area contributed by atoms with Crippen LogP contribution in [0.5, 0.6) is 0 Å². The van der Waals surface area contributed by atoms with Crippen molar-refractivity contribution < 1.29 is 18.7 Å². The van der Waals surface area contributed by atoms with E-state index in [0.29, 0.717) is 35.3 Å². The second-order valence-corrected chi connectivity index (χ2v) is 9.88. The molecule has 2 amide bonds. The van der Waals surface area contributed by atoms with Crippen LogP contribution in [-0.4, -0.2) is 56.2 Å². The van der Waals surface area contributed by atoms with Gasteiger partial charge in [0.05, 0.1) is 18.9 Å². The van der Waals surface area contributed by atoms with Crippen molar-refractivity contribution in [2.24, 2.45) is 0 Å². The van der Waals surface area contributed by atoms with Crippen LogP contribution in [0.15, 0.2) is 71.3 Å². The van der Waals surface area contributed by atoms with Crippen LogP contribution in [0.1, 0.15) is 35.8 Å². The fraction of sp³-hybridized carbons (Fsp3) is 0.321. The van der Waals surface area contributed by atoms with Gasteiger partial charge in [-0.3, -0.25) is 9.59 Å². The van der Waals surface area contributed by atoms with E-state index in [1.165, 1.54) is 16.0 Å². The Bertz CT molecular complexity index is 1380.